The summed E-state index contributed by atoms with van der Waals surface area (Å²) in [5, 5.41) is 6.06. The second-order valence-electron chi connectivity index (χ2n) is 6.52. The lowest BCUT2D eigenvalue weighted by atomic mass is 9.67. The van der Waals surface area contributed by atoms with Crippen molar-refractivity contribution in [1.82, 2.24) is 10.6 Å². The number of hydrogen-bond acceptors (Lipinski definition) is 2. The summed E-state index contributed by atoms with van der Waals surface area (Å²) in [6.07, 6.45) is 4.53. The fourth-order valence-electron chi connectivity index (χ4n) is 2.75. The summed E-state index contributed by atoms with van der Waals surface area (Å²) in [5.41, 5.74) is -0.745. The van der Waals surface area contributed by atoms with Crippen LogP contribution in [0.3, 0.4) is 0 Å². The quantitative estimate of drug-likeness (QED) is 0.737. The molecule has 0 unspecified atom stereocenters. The SMILES string of the molecule is C[C@@H]1C[C@@H]1NC(=O)C1(C(=O)N[C@H]2C[C@H]2C)CCC1. The Bertz CT molecular complexity index is 357. The lowest BCUT2D eigenvalue weighted by molar-refractivity contribution is -0.149. The second kappa shape index (κ2) is 3.97. The van der Waals surface area contributed by atoms with Gasteiger partial charge in [-0.15, -0.1) is 0 Å². The van der Waals surface area contributed by atoms with Gasteiger partial charge in [0.15, 0.2) is 0 Å². The molecule has 4 atom stereocenters. The average Bonchev–Trinajstić information content (AvgIpc) is 3.08. The molecule has 18 heavy (non-hydrogen) atoms. The van der Waals surface area contributed by atoms with E-state index in [2.05, 4.69) is 24.5 Å². The molecule has 0 heterocycles. The van der Waals surface area contributed by atoms with Crippen LogP contribution in [0.5, 0.6) is 0 Å². The molecule has 2 N–H and O–H groups in total. The molecule has 0 radical (unpaired) electrons. The minimum atomic E-state index is -0.745. The van der Waals surface area contributed by atoms with Crippen LogP contribution in [0.25, 0.3) is 0 Å². The standard InChI is InChI=1S/C14H22N2O2/c1-8-6-10(8)15-12(17)14(4-3-5-14)13(18)16-11-7-9(11)2/h8-11H,3-7H2,1-2H3,(H,15,17)(H,16,18)/t8-,9-,10+,11+/m1/s1. The zero-order chi connectivity index (χ0) is 12.9. The molecule has 4 nitrogen and oxygen atoms in total. The summed E-state index contributed by atoms with van der Waals surface area (Å²) in [6, 6.07) is 0.616. The minimum Gasteiger partial charge on any atom is -0.352 e. The van der Waals surface area contributed by atoms with Crippen molar-refractivity contribution in [2.75, 3.05) is 0 Å². The lowest BCUT2D eigenvalue weighted by Gasteiger charge is -2.38. The van der Waals surface area contributed by atoms with Gasteiger partial charge in [0.25, 0.3) is 0 Å². The van der Waals surface area contributed by atoms with Gasteiger partial charge < -0.3 is 10.6 Å². The van der Waals surface area contributed by atoms with Gasteiger partial charge in [0.1, 0.15) is 5.41 Å². The molecule has 3 saturated carbocycles. The van der Waals surface area contributed by atoms with E-state index in [-0.39, 0.29) is 11.8 Å². The van der Waals surface area contributed by atoms with Gasteiger partial charge in [0, 0.05) is 12.1 Å². The van der Waals surface area contributed by atoms with Gasteiger partial charge in [-0.1, -0.05) is 20.3 Å². The van der Waals surface area contributed by atoms with Gasteiger partial charge in [-0.2, -0.15) is 0 Å². The number of rotatable bonds is 4. The van der Waals surface area contributed by atoms with E-state index >= 15 is 0 Å². The number of carbonyl (C=O) groups excluding carboxylic acids is 2. The molecule has 0 aromatic heterocycles. The molecule has 0 aliphatic heterocycles. The molecule has 0 aromatic carbocycles. The van der Waals surface area contributed by atoms with Crippen molar-refractivity contribution in [3.05, 3.63) is 0 Å². The molecule has 3 fully saturated rings. The summed E-state index contributed by atoms with van der Waals surface area (Å²) in [5.74, 6) is 1.10. The summed E-state index contributed by atoms with van der Waals surface area (Å²) < 4.78 is 0. The molecule has 100 valence electrons. The van der Waals surface area contributed by atoms with E-state index in [0.29, 0.717) is 36.8 Å². The first-order valence-corrected chi connectivity index (χ1v) is 7.15. The van der Waals surface area contributed by atoms with E-state index in [1.165, 1.54) is 0 Å². The molecule has 0 bridgehead atoms. The van der Waals surface area contributed by atoms with E-state index < -0.39 is 5.41 Å². The highest BCUT2D eigenvalue weighted by Crippen LogP contribution is 2.43. The van der Waals surface area contributed by atoms with Crippen LogP contribution in [0.2, 0.25) is 0 Å². The predicted octanol–water partition coefficient (Wildman–Crippen LogP) is 1.21. The number of amides is 2. The van der Waals surface area contributed by atoms with Gasteiger partial charge in [0.2, 0.25) is 11.8 Å². The van der Waals surface area contributed by atoms with Crippen molar-refractivity contribution >= 4 is 11.8 Å². The molecule has 4 heteroatoms. The Morgan fingerprint density at radius 2 is 1.33 bits per heavy atom. The highest BCUT2D eigenvalue weighted by atomic mass is 16.2. The highest BCUT2D eigenvalue weighted by molar-refractivity contribution is 6.06. The molecular weight excluding hydrogens is 228 g/mol. The van der Waals surface area contributed by atoms with Crippen LogP contribution >= 0.6 is 0 Å². The van der Waals surface area contributed by atoms with Crippen molar-refractivity contribution in [3.63, 3.8) is 0 Å². The van der Waals surface area contributed by atoms with Crippen LogP contribution < -0.4 is 10.6 Å². The van der Waals surface area contributed by atoms with Gasteiger partial charge in [0.05, 0.1) is 0 Å². The Morgan fingerprint density at radius 1 is 0.944 bits per heavy atom. The second-order valence-corrected chi connectivity index (χ2v) is 6.52. The molecule has 0 spiro atoms. The normalized spacial score (nSPS) is 39.4. The van der Waals surface area contributed by atoms with E-state index in [1.54, 1.807) is 0 Å². The fraction of sp³-hybridized carbons (Fsp3) is 0.857. The van der Waals surface area contributed by atoms with Gasteiger partial charge in [-0.05, 0) is 37.5 Å². The van der Waals surface area contributed by atoms with Gasteiger partial charge >= 0.3 is 0 Å². The average molecular weight is 250 g/mol. The maximum Gasteiger partial charge on any atom is 0.235 e. The van der Waals surface area contributed by atoms with Crippen LogP contribution in [0, 0.1) is 17.3 Å². The lowest BCUT2D eigenvalue weighted by Crippen LogP contribution is -2.56. The third kappa shape index (κ3) is 1.91. The van der Waals surface area contributed by atoms with Crippen molar-refractivity contribution in [3.8, 4) is 0 Å². The molecule has 2 amide bonds. The van der Waals surface area contributed by atoms with E-state index in [9.17, 15) is 9.59 Å². The molecule has 0 aromatic rings. The van der Waals surface area contributed by atoms with E-state index in [4.69, 9.17) is 0 Å². The Kier molecular flexibility index (Phi) is 2.65. The Balaban J connectivity index is 1.61. The predicted molar refractivity (Wildman–Crippen MR) is 67.7 cm³/mol. The van der Waals surface area contributed by atoms with Gasteiger partial charge in [-0.3, -0.25) is 9.59 Å². The van der Waals surface area contributed by atoms with Crippen molar-refractivity contribution in [2.45, 2.75) is 58.0 Å². The Labute approximate surface area is 108 Å². The van der Waals surface area contributed by atoms with Gasteiger partial charge in [-0.25, -0.2) is 0 Å². The largest absolute Gasteiger partial charge is 0.352 e. The third-order valence-corrected chi connectivity index (χ3v) is 4.93. The number of nitrogens with one attached hydrogen (secondary N) is 2. The topological polar surface area (TPSA) is 58.2 Å². The maximum absolute atomic E-state index is 12.3. The fourth-order valence-corrected chi connectivity index (χ4v) is 2.75. The third-order valence-electron chi connectivity index (χ3n) is 4.93. The zero-order valence-corrected chi connectivity index (χ0v) is 11.2. The molecule has 3 aliphatic rings. The summed E-state index contributed by atoms with van der Waals surface area (Å²) in [6.45, 7) is 4.26. The zero-order valence-electron chi connectivity index (χ0n) is 11.2. The Hall–Kier alpha value is -1.06. The van der Waals surface area contributed by atoms with E-state index in [1.807, 2.05) is 0 Å². The number of hydrogen-bond donors (Lipinski definition) is 2. The molecule has 3 aliphatic carbocycles. The van der Waals surface area contributed by atoms with Crippen molar-refractivity contribution in [2.24, 2.45) is 17.3 Å². The first-order chi connectivity index (χ1) is 8.53. The Morgan fingerprint density at radius 3 is 1.56 bits per heavy atom. The minimum absolute atomic E-state index is 0.0334. The van der Waals surface area contributed by atoms with Crippen molar-refractivity contribution < 1.29 is 9.59 Å². The van der Waals surface area contributed by atoms with Crippen LogP contribution in [0.4, 0.5) is 0 Å². The van der Waals surface area contributed by atoms with Crippen LogP contribution in [-0.2, 0) is 9.59 Å². The summed E-state index contributed by atoms with van der Waals surface area (Å²) >= 11 is 0. The first-order valence-electron chi connectivity index (χ1n) is 7.15. The first kappa shape index (κ1) is 12.0. The smallest absolute Gasteiger partial charge is 0.235 e. The summed E-state index contributed by atoms with van der Waals surface area (Å²) in [7, 11) is 0. The maximum atomic E-state index is 12.3. The van der Waals surface area contributed by atoms with Crippen LogP contribution in [0.1, 0.15) is 46.0 Å². The highest BCUT2D eigenvalue weighted by Gasteiger charge is 2.53. The van der Waals surface area contributed by atoms with E-state index in [0.717, 1.165) is 19.3 Å². The van der Waals surface area contributed by atoms with Crippen LogP contribution in [-0.4, -0.2) is 23.9 Å². The molecular formula is C14H22N2O2. The van der Waals surface area contributed by atoms with Crippen molar-refractivity contribution in [1.29, 1.82) is 0 Å². The molecule has 0 saturated heterocycles. The molecule has 3 rings (SSSR count). The summed E-state index contributed by atoms with van der Waals surface area (Å²) in [4.78, 5) is 24.6. The monoisotopic (exact) mass is 250 g/mol. The van der Waals surface area contributed by atoms with Crippen LogP contribution in [0.15, 0.2) is 0 Å². The number of carbonyl (C=O) groups is 2.